The van der Waals surface area contributed by atoms with Crippen molar-refractivity contribution in [3.8, 4) is 5.75 Å². The Hall–Kier alpha value is -2.36. The second-order valence-corrected chi connectivity index (χ2v) is 6.34. The van der Waals surface area contributed by atoms with Crippen LogP contribution in [0, 0.1) is 5.92 Å². The van der Waals surface area contributed by atoms with E-state index in [2.05, 4.69) is 22.0 Å². The van der Waals surface area contributed by atoms with Gasteiger partial charge in [0.25, 0.3) is 0 Å². The summed E-state index contributed by atoms with van der Waals surface area (Å²) in [5.41, 5.74) is 2.34. The molecule has 3 atom stereocenters. The standard InChI is InChI=1S/C19H20N2O2/c1-23-16-5-2-14(3-6-16)21-15-4-7-17(18(22)12-15)19(21)13-8-10-20-11-9-13/h2-3,5-6,8-11,15,17,19H,4,7,12H2,1H3/t15-,17+,19+/m0/s1. The molecule has 0 spiro atoms. The molecular weight excluding hydrogens is 288 g/mol. The summed E-state index contributed by atoms with van der Waals surface area (Å²) >= 11 is 0. The third-order valence-electron chi connectivity index (χ3n) is 5.15. The quantitative estimate of drug-likeness (QED) is 0.871. The highest BCUT2D eigenvalue weighted by atomic mass is 16.5. The predicted octanol–water partition coefficient (Wildman–Crippen LogP) is 3.39. The maximum atomic E-state index is 12.5. The van der Waals surface area contributed by atoms with Crippen molar-refractivity contribution in [1.82, 2.24) is 4.98 Å². The van der Waals surface area contributed by atoms with E-state index in [1.54, 1.807) is 7.11 Å². The van der Waals surface area contributed by atoms with Gasteiger partial charge in [0.2, 0.25) is 0 Å². The molecule has 2 saturated heterocycles. The van der Waals surface area contributed by atoms with E-state index in [4.69, 9.17) is 4.74 Å². The van der Waals surface area contributed by atoms with Crippen LogP contribution in [0.4, 0.5) is 5.69 Å². The third-order valence-corrected chi connectivity index (χ3v) is 5.15. The second-order valence-electron chi connectivity index (χ2n) is 6.34. The molecule has 0 unspecified atom stereocenters. The van der Waals surface area contributed by atoms with Gasteiger partial charge in [-0.3, -0.25) is 9.78 Å². The predicted molar refractivity (Wildman–Crippen MR) is 88.6 cm³/mol. The highest BCUT2D eigenvalue weighted by Gasteiger charge is 2.47. The Labute approximate surface area is 136 Å². The molecule has 2 aliphatic heterocycles. The number of aromatic nitrogens is 1. The van der Waals surface area contributed by atoms with E-state index in [9.17, 15) is 4.79 Å². The monoisotopic (exact) mass is 308 g/mol. The SMILES string of the molecule is COc1ccc(N2[C@H]3CC[C@H](C(=O)C3)[C@H]2c2ccncc2)cc1. The number of ketones is 1. The van der Waals surface area contributed by atoms with Crippen molar-refractivity contribution in [2.75, 3.05) is 12.0 Å². The minimum Gasteiger partial charge on any atom is -0.497 e. The van der Waals surface area contributed by atoms with Crippen LogP contribution in [0.3, 0.4) is 0 Å². The topological polar surface area (TPSA) is 42.4 Å². The molecule has 1 saturated carbocycles. The molecule has 2 bridgehead atoms. The molecule has 3 heterocycles. The lowest BCUT2D eigenvalue weighted by Crippen LogP contribution is -2.54. The van der Waals surface area contributed by atoms with Crippen LogP contribution < -0.4 is 9.64 Å². The lowest BCUT2D eigenvalue weighted by atomic mass is 9.71. The van der Waals surface area contributed by atoms with Crippen molar-refractivity contribution in [2.24, 2.45) is 5.92 Å². The molecule has 3 aliphatic rings. The molecule has 4 nitrogen and oxygen atoms in total. The van der Waals surface area contributed by atoms with Gasteiger partial charge >= 0.3 is 0 Å². The Morgan fingerprint density at radius 1 is 1.09 bits per heavy atom. The van der Waals surface area contributed by atoms with E-state index in [0.29, 0.717) is 18.2 Å². The molecule has 3 fully saturated rings. The fourth-order valence-electron chi connectivity index (χ4n) is 4.09. The molecule has 0 N–H and O–H groups in total. The first kappa shape index (κ1) is 14.2. The number of rotatable bonds is 3. The van der Waals surface area contributed by atoms with Crippen LogP contribution in [-0.4, -0.2) is 23.9 Å². The lowest BCUT2D eigenvalue weighted by Gasteiger charge is -2.52. The molecule has 1 aromatic heterocycles. The molecule has 118 valence electrons. The van der Waals surface area contributed by atoms with Crippen LogP contribution in [-0.2, 0) is 4.79 Å². The number of Topliss-reactive ketones (excluding diaryl/α,β-unsaturated/α-hetero) is 1. The first-order valence-electron chi connectivity index (χ1n) is 8.13. The fourth-order valence-corrected chi connectivity index (χ4v) is 4.09. The summed E-state index contributed by atoms with van der Waals surface area (Å²) in [5, 5.41) is 0. The minimum atomic E-state index is 0.0875. The Kier molecular flexibility index (Phi) is 3.52. The zero-order valence-corrected chi connectivity index (χ0v) is 13.2. The van der Waals surface area contributed by atoms with Crippen LogP contribution >= 0.6 is 0 Å². The Morgan fingerprint density at radius 2 is 1.83 bits per heavy atom. The van der Waals surface area contributed by atoms with Gasteiger partial charge in [-0.15, -0.1) is 0 Å². The number of fused-ring (bicyclic) bond motifs is 3. The van der Waals surface area contributed by atoms with E-state index in [1.807, 2.05) is 36.7 Å². The zero-order valence-electron chi connectivity index (χ0n) is 13.2. The van der Waals surface area contributed by atoms with Crippen molar-refractivity contribution in [3.05, 3.63) is 54.4 Å². The number of anilines is 1. The van der Waals surface area contributed by atoms with Gasteiger partial charge in [-0.2, -0.15) is 0 Å². The van der Waals surface area contributed by atoms with Crippen molar-refractivity contribution in [3.63, 3.8) is 0 Å². The normalized spacial score (nSPS) is 26.4. The van der Waals surface area contributed by atoms with E-state index >= 15 is 0 Å². The molecule has 1 aliphatic carbocycles. The summed E-state index contributed by atoms with van der Waals surface area (Å²) in [7, 11) is 1.68. The van der Waals surface area contributed by atoms with E-state index < -0.39 is 0 Å². The number of benzene rings is 1. The van der Waals surface area contributed by atoms with Gasteiger partial charge in [0.15, 0.2) is 0 Å². The summed E-state index contributed by atoms with van der Waals surface area (Å²) in [5.74, 6) is 1.35. The van der Waals surface area contributed by atoms with Gasteiger partial charge in [0.05, 0.1) is 13.2 Å². The molecule has 1 aromatic carbocycles. The molecule has 23 heavy (non-hydrogen) atoms. The van der Waals surface area contributed by atoms with Gasteiger partial charge in [0.1, 0.15) is 11.5 Å². The van der Waals surface area contributed by atoms with Crippen molar-refractivity contribution in [1.29, 1.82) is 0 Å². The highest BCUT2D eigenvalue weighted by molar-refractivity contribution is 5.86. The van der Waals surface area contributed by atoms with E-state index in [-0.39, 0.29) is 12.0 Å². The molecule has 0 amide bonds. The summed E-state index contributed by atoms with van der Waals surface area (Å²) in [6.45, 7) is 0. The average Bonchev–Trinajstić information content (AvgIpc) is 2.62. The van der Waals surface area contributed by atoms with Gasteiger partial charge in [0, 0.05) is 36.5 Å². The highest BCUT2D eigenvalue weighted by Crippen LogP contribution is 2.47. The van der Waals surface area contributed by atoms with Crippen molar-refractivity contribution in [2.45, 2.75) is 31.3 Å². The van der Waals surface area contributed by atoms with Gasteiger partial charge in [-0.1, -0.05) is 0 Å². The number of hydrogen-bond donors (Lipinski definition) is 0. The number of nitrogens with zero attached hydrogens (tertiary/aromatic N) is 2. The van der Waals surface area contributed by atoms with E-state index in [0.717, 1.165) is 24.3 Å². The Morgan fingerprint density at radius 3 is 2.48 bits per heavy atom. The Bertz CT molecular complexity index is 699. The van der Waals surface area contributed by atoms with E-state index in [1.165, 1.54) is 5.56 Å². The second kappa shape index (κ2) is 5.69. The van der Waals surface area contributed by atoms with Crippen LogP contribution in [0.2, 0.25) is 0 Å². The van der Waals surface area contributed by atoms with Crippen molar-refractivity contribution >= 4 is 11.5 Å². The third kappa shape index (κ3) is 2.38. The molecule has 2 aromatic rings. The van der Waals surface area contributed by atoms with Crippen LogP contribution in [0.1, 0.15) is 30.9 Å². The fraction of sp³-hybridized carbons (Fsp3) is 0.368. The van der Waals surface area contributed by atoms with Gasteiger partial charge in [-0.25, -0.2) is 0 Å². The lowest BCUT2D eigenvalue weighted by molar-refractivity contribution is -0.128. The van der Waals surface area contributed by atoms with Crippen molar-refractivity contribution < 1.29 is 9.53 Å². The number of ether oxygens (including phenoxy) is 1. The van der Waals surface area contributed by atoms with Gasteiger partial charge in [-0.05, 0) is 54.8 Å². The van der Waals surface area contributed by atoms with Gasteiger partial charge < -0.3 is 9.64 Å². The minimum absolute atomic E-state index is 0.0875. The first-order valence-corrected chi connectivity index (χ1v) is 8.13. The molecule has 5 rings (SSSR count). The number of methoxy groups -OCH3 is 1. The number of piperidine rings is 2. The van der Waals surface area contributed by atoms with Crippen LogP contribution in [0.15, 0.2) is 48.8 Å². The average molecular weight is 308 g/mol. The zero-order chi connectivity index (χ0) is 15.8. The summed E-state index contributed by atoms with van der Waals surface area (Å²) in [6, 6.07) is 12.7. The summed E-state index contributed by atoms with van der Waals surface area (Å²) in [4.78, 5) is 19.0. The van der Waals surface area contributed by atoms with Crippen LogP contribution in [0.25, 0.3) is 0 Å². The molecular formula is C19H20N2O2. The molecule has 0 radical (unpaired) electrons. The smallest absolute Gasteiger partial charge is 0.140 e. The summed E-state index contributed by atoms with van der Waals surface area (Å²) < 4.78 is 5.27. The number of hydrogen-bond acceptors (Lipinski definition) is 4. The van der Waals surface area contributed by atoms with Crippen LogP contribution in [0.5, 0.6) is 5.75 Å². The summed E-state index contributed by atoms with van der Waals surface area (Å²) in [6.07, 6.45) is 6.37. The molecule has 4 heteroatoms. The number of carbonyl (C=O) groups excluding carboxylic acids is 1. The number of pyridine rings is 1. The largest absolute Gasteiger partial charge is 0.497 e. The maximum Gasteiger partial charge on any atom is 0.140 e. The Balaban J connectivity index is 1.76. The maximum absolute atomic E-state index is 12.5. The first-order chi connectivity index (χ1) is 11.3. The number of carbonyl (C=O) groups is 1.